The predicted octanol–water partition coefficient (Wildman–Crippen LogP) is 4.08. The molecule has 3 rings (SSSR count). The lowest BCUT2D eigenvalue weighted by molar-refractivity contribution is 0.741. The highest BCUT2D eigenvalue weighted by atomic mass is 79.9. The van der Waals surface area contributed by atoms with Gasteiger partial charge < -0.3 is 4.57 Å². The summed E-state index contributed by atoms with van der Waals surface area (Å²) in [6.45, 7) is 0.739. The molecule has 3 nitrogen and oxygen atoms in total. The van der Waals surface area contributed by atoms with Crippen molar-refractivity contribution >= 4 is 49.9 Å². The van der Waals surface area contributed by atoms with Crippen molar-refractivity contribution in [1.82, 2.24) is 14.5 Å². The lowest BCUT2D eigenvalue weighted by Gasteiger charge is -2.06. The average Bonchev–Trinajstić information content (AvgIpc) is 3.00. The Morgan fingerprint density at radius 1 is 1.37 bits per heavy atom. The molecule has 2 aromatic heterocycles. The zero-order chi connectivity index (χ0) is 13.2. The molecule has 3 aromatic rings. The van der Waals surface area contributed by atoms with Gasteiger partial charge in [0.2, 0.25) is 0 Å². The SMILES string of the molecule is ClCCc1nc2ccc(Br)cc2n1Cc1cscn1. The molecule has 98 valence electrons. The molecule has 1 aromatic carbocycles. The van der Waals surface area contributed by atoms with Gasteiger partial charge in [-0.15, -0.1) is 22.9 Å². The van der Waals surface area contributed by atoms with Gasteiger partial charge in [-0.25, -0.2) is 9.97 Å². The van der Waals surface area contributed by atoms with Crippen LogP contribution in [0.5, 0.6) is 0 Å². The molecule has 19 heavy (non-hydrogen) atoms. The van der Waals surface area contributed by atoms with Gasteiger partial charge >= 0.3 is 0 Å². The minimum absolute atomic E-state index is 0.571. The van der Waals surface area contributed by atoms with E-state index in [9.17, 15) is 0 Å². The van der Waals surface area contributed by atoms with Crippen LogP contribution >= 0.6 is 38.9 Å². The van der Waals surface area contributed by atoms with Gasteiger partial charge in [0.05, 0.1) is 28.8 Å². The average molecular weight is 357 g/mol. The van der Waals surface area contributed by atoms with E-state index in [4.69, 9.17) is 11.6 Å². The highest BCUT2D eigenvalue weighted by Gasteiger charge is 2.11. The lowest BCUT2D eigenvalue weighted by atomic mass is 10.3. The molecule has 2 heterocycles. The third-order valence-electron chi connectivity index (χ3n) is 2.91. The molecule has 0 saturated heterocycles. The summed E-state index contributed by atoms with van der Waals surface area (Å²) in [5, 5.41) is 2.06. The van der Waals surface area contributed by atoms with Crippen LogP contribution in [0.1, 0.15) is 11.5 Å². The number of hydrogen-bond donors (Lipinski definition) is 0. The van der Waals surface area contributed by atoms with E-state index in [0.717, 1.165) is 40.0 Å². The first-order valence-corrected chi connectivity index (χ1v) is 8.12. The van der Waals surface area contributed by atoms with Gasteiger partial charge in [-0.3, -0.25) is 0 Å². The van der Waals surface area contributed by atoms with Crippen LogP contribution in [-0.2, 0) is 13.0 Å². The van der Waals surface area contributed by atoms with Gasteiger partial charge in [-0.2, -0.15) is 0 Å². The molecule has 0 fully saturated rings. The maximum atomic E-state index is 5.87. The van der Waals surface area contributed by atoms with E-state index in [1.807, 2.05) is 17.6 Å². The zero-order valence-electron chi connectivity index (χ0n) is 10.0. The number of aryl methyl sites for hydroxylation is 1. The summed E-state index contributed by atoms with van der Waals surface area (Å²) < 4.78 is 3.24. The number of halogens is 2. The number of nitrogens with zero attached hydrogens (tertiary/aromatic N) is 3. The van der Waals surface area contributed by atoms with Crippen molar-refractivity contribution in [2.24, 2.45) is 0 Å². The summed E-state index contributed by atoms with van der Waals surface area (Å²) in [6, 6.07) is 6.12. The number of thiazole rings is 1. The van der Waals surface area contributed by atoms with Crippen molar-refractivity contribution in [2.75, 3.05) is 5.88 Å². The second-order valence-corrected chi connectivity index (χ2v) is 6.18. The molecule has 0 bridgehead atoms. The van der Waals surface area contributed by atoms with Gasteiger partial charge in [-0.1, -0.05) is 15.9 Å². The maximum absolute atomic E-state index is 5.87. The van der Waals surface area contributed by atoms with Crippen molar-refractivity contribution in [2.45, 2.75) is 13.0 Å². The largest absolute Gasteiger partial charge is 0.322 e. The molecule has 0 aliphatic heterocycles. The zero-order valence-corrected chi connectivity index (χ0v) is 13.2. The molecule has 0 N–H and O–H groups in total. The number of alkyl halides is 1. The Labute approximate surface area is 128 Å². The minimum Gasteiger partial charge on any atom is -0.322 e. The highest BCUT2D eigenvalue weighted by molar-refractivity contribution is 9.10. The normalized spacial score (nSPS) is 11.3. The van der Waals surface area contributed by atoms with E-state index < -0.39 is 0 Å². The molecular formula is C13H11BrClN3S. The Kier molecular flexibility index (Phi) is 3.86. The third kappa shape index (κ3) is 2.68. The molecule has 0 spiro atoms. The predicted molar refractivity (Wildman–Crippen MR) is 83.1 cm³/mol. The molecule has 0 aliphatic rings. The fourth-order valence-corrected chi connectivity index (χ4v) is 3.14. The van der Waals surface area contributed by atoms with Gasteiger partial charge in [-0.05, 0) is 18.2 Å². The smallest absolute Gasteiger partial charge is 0.111 e. The minimum atomic E-state index is 0.571. The van der Waals surface area contributed by atoms with Gasteiger partial charge in [0, 0.05) is 22.2 Å². The van der Waals surface area contributed by atoms with Crippen molar-refractivity contribution in [3.05, 3.63) is 45.1 Å². The Hall–Kier alpha value is -0.910. The summed E-state index contributed by atoms with van der Waals surface area (Å²) in [7, 11) is 0. The fourth-order valence-electron chi connectivity index (χ4n) is 2.08. The van der Waals surface area contributed by atoms with E-state index in [0.29, 0.717) is 5.88 Å². The molecule has 6 heteroatoms. The molecule has 0 aliphatic carbocycles. The van der Waals surface area contributed by atoms with Crippen LogP contribution in [0, 0.1) is 0 Å². The summed E-state index contributed by atoms with van der Waals surface area (Å²) in [5.74, 6) is 1.58. The molecule has 0 amide bonds. The number of rotatable bonds is 4. The third-order valence-corrected chi connectivity index (χ3v) is 4.23. The second-order valence-electron chi connectivity index (χ2n) is 4.17. The fraction of sp³-hybridized carbons (Fsp3) is 0.231. The van der Waals surface area contributed by atoms with Crippen LogP contribution < -0.4 is 0 Å². The van der Waals surface area contributed by atoms with Gasteiger partial charge in [0.1, 0.15) is 5.82 Å². The molecular weight excluding hydrogens is 346 g/mol. The summed E-state index contributed by atoms with van der Waals surface area (Å²) in [4.78, 5) is 9.00. The van der Waals surface area contributed by atoms with Gasteiger partial charge in [0.25, 0.3) is 0 Å². The maximum Gasteiger partial charge on any atom is 0.111 e. The monoisotopic (exact) mass is 355 g/mol. The van der Waals surface area contributed by atoms with Crippen LogP contribution in [0.3, 0.4) is 0 Å². The van der Waals surface area contributed by atoms with Crippen LogP contribution in [0.15, 0.2) is 33.6 Å². The second kappa shape index (κ2) is 5.61. The van der Waals surface area contributed by atoms with Crippen LogP contribution in [-0.4, -0.2) is 20.4 Å². The first-order chi connectivity index (χ1) is 9.28. The number of aromatic nitrogens is 3. The van der Waals surface area contributed by atoms with E-state index in [-0.39, 0.29) is 0 Å². The van der Waals surface area contributed by atoms with E-state index in [1.165, 1.54) is 0 Å². The first-order valence-electron chi connectivity index (χ1n) is 5.85. The standard InChI is InChI=1S/C13H11BrClN3S/c14-9-1-2-11-12(5-9)18(13(17-11)3-4-15)6-10-7-19-8-16-10/h1-2,5,7-8H,3-4,6H2. The van der Waals surface area contributed by atoms with Gasteiger partial charge in [0.15, 0.2) is 0 Å². The Morgan fingerprint density at radius 3 is 3.00 bits per heavy atom. The Balaban J connectivity index is 2.12. The number of imidazole rings is 1. The Morgan fingerprint density at radius 2 is 2.26 bits per heavy atom. The van der Waals surface area contributed by atoms with Crippen LogP contribution in [0.2, 0.25) is 0 Å². The lowest BCUT2D eigenvalue weighted by Crippen LogP contribution is -2.06. The molecule has 0 saturated carbocycles. The molecule has 0 unspecified atom stereocenters. The molecule has 0 atom stereocenters. The summed E-state index contributed by atoms with van der Waals surface area (Å²) >= 11 is 11.0. The number of fused-ring (bicyclic) bond motifs is 1. The van der Waals surface area contributed by atoms with E-state index in [1.54, 1.807) is 11.3 Å². The summed E-state index contributed by atoms with van der Waals surface area (Å²) in [6.07, 6.45) is 0.762. The van der Waals surface area contributed by atoms with E-state index in [2.05, 4.69) is 41.9 Å². The van der Waals surface area contributed by atoms with Crippen molar-refractivity contribution < 1.29 is 0 Å². The molecule has 0 radical (unpaired) electrons. The van der Waals surface area contributed by atoms with Crippen molar-refractivity contribution in [3.63, 3.8) is 0 Å². The van der Waals surface area contributed by atoms with Crippen molar-refractivity contribution in [3.8, 4) is 0 Å². The quantitative estimate of drug-likeness (QED) is 0.659. The number of benzene rings is 1. The highest BCUT2D eigenvalue weighted by Crippen LogP contribution is 2.22. The van der Waals surface area contributed by atoms with E-state index >= 15 is 0 Å². The Bertz CT molecular complexity index is 693. The topological polar surface area (TPSA) is 30.7 Å². The number of hydrogen-bond acceptors (Lipinski definition) is 3. The van der Waals surface area contributed by atoms with Crippen molar-refractivity contribution in [1.29, 1.82) is 0 Å². The summed E-state index contributed by atoms with van der Waals surface area (Å²) in [5.41, 5.74) is 5.02. The van der Waals surface area contributed by atoms with Crippen LogP contribution in [0.4, 0.5) is 0 Å². The first kappa shape index (κ1) is 13.1. The van der Waals surface area contributed by atoms with Crippen LogP contribution in [0.25, 0.3) is 11.0 Å².